The summed E-state index contributed by atoms with van der Waals surface area (Å²) in [6.07, 6.45) is 0.686. The van der Waals surface area contributed by atoms with Crippen LogP contribution in [0.2, 0.25) is 5.02 Å². The number of nitrogens with one attached hydrogen (secondary N) is 2. The Morgan fingerprint density at radius 1 is 1.31 bits per heavy atom. The summed E-state index contributed by atoms with van der Waals surface area (Å²) in [6, 6.07) is 1.16. The lowest BCUT2D eigenvalue weighted by molar-refractivity contribution is -0.137. The Hall–Kier alpha value is -2.61. The van der Waals surface area contributed by atoms with Crippen molar-refractivity contribution in [2.24, 2.45) is 0 Å². The Labute approximate surface area is 155 Å². The maximum absolute atomic E-state index is 14.0. The molecule has 0 saturated carbocycles. The van der Waals surface area contributed by atoms with Crippen LogP contribution >= 0.6 is 11.6 Å². The summed E-state index contributed by atoms with van der Waals surface area (Å²) in [5.74, 6) is -2.20. The molecule has 1 rings (SSSR count). The molecule has 7 nitrogen and oxygen atoms in total. The number of carbonyl (C=O) groups is 3. The highest BCUT2D eigenvalue weighted by molar-refractivity contribution is 6.33. The van der Waals surface area contributed by atoms with E-state index in [0.717, 1.165) is 18.2 Å². The minimum atomic E-state index is -0.835. The third kappa shape index (κ3) is 6.72. The minimum absolute atomic E-state index is 0.0872. The number of rotatable bonds is 6. The summed E-state index contributed by atoms with van der Waals surface area (Å²) in [5, 5.41) is 4.43. The molecule has 0 aliphatic carbocycles. The van der Waals surface area contributed by atoms with Gasteiger partial charge in [0.15, 0.2) is 0 Å². The van der Waals surface area contributed by atoms with Crippen LogP contribution < -0.4 is 10.6 Å². The largest absolute Gasteiger partial charge is 0.463 e. The van der Waals surface area contributed by atoms with Crippen molar-refractivity contribution in [2.45, 2.75) is 33.8 Å². The SMILES string of the molecule is CCOC(=O)C=C(C)NC(=O)Nc1cc(C(=O)OC(C)C)c(Cl)cc1F. The van der Waals surface area contributed by atoms with Crippen LogP contribution in [0.3, 0.4) is 0 Å². The van der Waals surface area contributed by atoms with Crippen molar-refractivity contribution in [3.63, 3.8) is 0 Å². The van der Waals surface area contributed by atoms with Gasteiger partial charge in [0, 0.05) is 11.8 Å². The summed E-state index contributed by atoms with van der Waals surface area (Å²) in [6.45, 7) is 6.60. The molecule has 26 heavy (non-hydrogen) atoms. The number of carbonyl (C=O) groups excluding carboxylic acids is 3. The van der Waals surface area contributed by atoms with Crippen LogP contribution in [-0.4, -0.2) is 30.7 Å². The molecule has 0 heterocycles. The second-order valence-electron chi connectivity index (χ2n) is 5.42. The van der Waals surface area contributed by atoms with E-state index in [1.807, 2.05) is 0 Å². The van der Waals surface area contributed by atoms with Crippen molar-refractivity contribution < 1.29 is 28.2 Å². The van der Waals surface area contributed by atoms with E-state index in [-0.39, 0.29) is 34.7 Å². The van der Waals surface area contributed by atoms with Crippen LogP contribution in [0, 0.1) is 5.82 Å². The van der Waals surface area contributed by atoms with Gasteiger partial charge in [0.2, 0.25) is 0 Å². The Kier molecular flexibility index (Phi) is 8.05. The number of hydrogen-bond donors (Lipinski definition) is 2. The van der Waals surface area contributed by atoms with E-state index >= 15 is 0 Å². The number of benzene rings is 1. The van der Waals surface area contributed by atoms with Crippen molar-refractivity contribution in [3.05, 3.63) is 40.3 Å². The summed E-state index contributed by atoms with van der Waals surface area (Å²) < 4.78 is 23.7. The molecule has 1 aromatic rings. The minimum Gasteiger partial charge on any atom is -0.463 e. The third-order valence-corrected chi connectivity index (χ3v) is 3.11. The highest BCUT2D eigenvalue weighted by Crippen LogP contribution is 2.25. The molecule has 0 aliphatic heterocycles. The van der Waals surface area contributed by atoms with E-state index in [1.54, 1.807) is 20.8 Å². The van der Waals surface area contributed by atoms with E-state index in [2.05, 4.69) is 10.6 Å². The average Bonchev–Trinajstić information content (AvgIpc) is 2.48. The van der Waals surface area contributed by atoms with Crippen molar-refractivity contribution in [2.75, 3.05) is 11.9 Å². The van der Waals surface area contributed by atoms with Crippen molar-refractivity contribution in [1.82, 2.24) is 5.32 Å². The zero-order valence-electron chi connectivity index (χ0n) is 14.8. The monoisotopic (exact) mass is 386 g/mol. The lowest BCUT2D eigenvalue weighted by Gasteiger charge is -2.13. The van der Waals surface area contributed by atoms with Crippen molar-refractivity contribution in [3.8, 4) is 0 Å². The predicted octanol–water partition coefficient (Wildman–Crippen LogP) is 3.63. The second-order valence-corrected chi connectivity index (χ2v) is 5.83. The van der Waals surface area contributed by atoms with E-state index in [9.17, 15) is 18.8 Å². The van der Waals surface area contributed by atoms with E-state index in [4.69, 9.17) is 21.1 Å². The Morgan fingerprint density at radius 2 is 1.96 bits per heavy atom. The molecule has 2 amide bonds. The Bertz CT molecular complexity index is 734. The van der Waals surface area contributed by atoms with Gasteiger partial charge in [-0.05, 0) is 39.8 Å². The highest BCUT2D eigenvalue weighted by Gasteiger charge is 2.18. The average molecular weight is 387 g/mol. The first-order chi connectivity index (χ1) is 12.1. The third-order valence-electron chi connectivity index (χ3n) is 2.80. The number of esters is 2. The van der Waals surface area contributed by atoms with Gasteiger partial charge in [0.25, 0.3) is 0 Å². The molecule has 2 N–H and O–H groups in total. The van der Waals surface area contributed by atoms with Gasteiger partial charge >= 0.3 is 18.0 Å². The number of urea groups is 1. The van der Waals surface area contributed by atoms with Crippen LogP contribution in [0.5, 0.6) is 0 Å². The smallest absolute Gasteiger partial charge is 0.339 e. The molecule has 0 aliphatic rings. The molecule has 0 unspecified atom stereocenters. The number of halogens is 2. The zero-order valence-corrected chi connectivity index (χ0v) is 15.6. The first kappa shape index (κ1) is 21.4. The van der Waals surface area contributed by atoms with Crippen LogP contribution in [0.15, 0.2) is 23.9 Å². The van der Waals surface area contributed by atoms with Gasteiger partial charge in [-0.3, -0.25) is 0 Å². The Morgan fingerprint density at radius 3 is 2.54 bits per heavy atom. The van der Waals surface area contributed by atoms with Crippen LogP contribution in [0.1, 0.15) is 38.1 Å². The van der Waals surface area contributed by atoms with Crippen molar-refractivity contribution in [1.29, 1.82) is 0 Å². The predicted molar refractivity (Wildman–Crippen MR) is 94.5 cm³/mol. The lowest BCUT2D eigenvalue weighted by atomic mass is 10.2. The molecule has 0 aromatic heterocycles. The molecule has 0 atom stereocenters. The molecule has 0 radical (unpaired) electrons. The van der Waals surface area contributed by atoms with Gasteiger partial charge < -0.3 is 20.1 Å². The maximum Gasteiger partial charge on any atom is 0.339 e. The molecule has 142 valence electrons. The number of hydrogen-bond acceptors (Lipinski definition) is 5. The summed E-state index contributed by atoms with van der Waals surface area (Å²) in [7, 11) is 0. The van der Waals surface area contributed by atoms with Crippen LogP contribution in [0.4, 0.5) is 14.9 Å². The van der Waals surface area contributed by atoms with Gasteiger partial charge in [-0.2, -0.15) is 0 Å². The van der Waals surface area contributed by atoms with Crippen LogP contribution in [-0.2, 0) is 14.3 Å². The van der Waals surface area contributed by atoms with Gasteiger partial charge in [0.05, 0.1) is 29.0 Å². The number of amides is 2. The lowest BCUT2D eigenvalue weighted by Crippen LogP contribution is -2.28. The quantitative estimate of drug-likeness (QED) is 0.575. The van der Waals surface area contributed by atoms with Crippen LogP contribution in [0.25, 0.3) is 0 Å². The molecule has 0 saturated heterocycles. The summed E-state index contributed by atoms with van der Waals surface area (Å²) in [5.41, 5.74) is -0.169. The van der Waals surface area contributed by atoms with Gasteiger partial charge in [0.1, 0.15) is 5.82 Å². The number of allylic oxidation sites excluding steroid dienone is 1. The van der Waals surface area contributed by atoms with E-state index in [0.29, 0.717) is 0 Å². The fourth-order valence-corrected chi connectivity index (χ4v) is 2.04. The van der Waals surface area contributed by atoms with Gasteiger partial charge in [-0.1, -0.05) is 11.6 Å². The molecular formula is C17H20ClFN2O5. The standard InChI is InChI=1S/C17H20ClFN2O5/c1-5-25-15(22)6-10(4)20-17(24)21-14-7-11(12(18)8-13(14)19)16(23)26-9(2)3/h6-9H,5H2,1-4H3,(H2,20,21,24). The summed E-state index contributed by atoms with van der Waals surface area (Å²) >= 11 is 5.86. The Balaban J connectivity index is 2.90. The van der Waals surface area contributed by atoms with E-state index in [1.165, 1.54) is 6.92 Å². The molecule has 0 spiro atoms. The number of ether oxygens (including phenoxy) is 2. The fourth-order valence-electron chi connectivity index (χ4n) is 1.81. The first-order valence-corrected chi connectivity index (χ1v) is 8.14. The topological polar surface area (TPSA) is 93.7 Å². The molecular weight excluding hydrogens is 367 g/mol. The molecule has 0 fully saturated rings. The zero-order chi connectivity index (χ0) is 19.9. The highest BCUT2D eigenvalue weighted by atomic mass is 35.5. The van der Waals surface area contributed by atoms with E-state index < -0.39 is 23.8 Å². The normalized spacial score (nSPS) is 11.1. The summed E-state index contributed by atoms with van der Waals surface area (Å²) in [4.78, 5) is 35.2. The van der Waals surface area contributed by atoms with Gasteiger partial charge in [-0.15, -0.1) is 0 Å². The molecule has 9 heteroatoms. The number of anilines is 1. The maximum atomic E-state index is 14.0. The van der Waals surface area contributed by atoms with Gasteiger partial charge in [-0.25, -0.2) is 18.8 Å². The molecule has 1 aromatic carbocycles. The first-order valence-electron chi connectivity index (χ1n) is 7.77. The second kappa shape index (κ2) is 9.76. The molecule has 0 bridgehead atoms. The van der Waals surface area contributed by atoms with Crippen molar-refractivity contribution >= 4 is 35.3 Å². The fraction of sp³-hybridized carbons (Fsp3) is 0.353.